The molecular weight excluding hydrogens is 210 g/mol. The second-order valence-corrected chi connectivity index (χ2v) is 5.67. The van der Waals surface area contributed by atoms with E-state index in [0.29, 0.717) is 6.42 Å². The van der Waals surface area contributed by atoms with Crippen molar-refractivity contribution < 1.29 is 23.4 Å². The Balaban J connectivity index is 2.75. The third-order valence-corrected chi connectivity index (χ3v) is 4.05. The van der Waals surface area contributed by atoms with Crippen LogP contribution in [0.3, 0.4) is 0 Å². The first-order valence-electron chi connectivity index (χ1n) is 4.19. The van der Waals surface area contributed by atoms with E-state index in [2.05, 4.69) is 0 Å². The van der Waals surface area contributed by atoms with Crippen LogP contribution in [0, 0.1) is 0 Å². The average molecular weight is 223 g/mol. The van der Waals surface area contributed by atoms with Gasteiger partial charge in [0, 0.05) is 6.54 Å². The van der Waals surface area contributed by atoms with Gasteiger partial charge in [-0.25, -0.2) is 13.2 Å². The fraction of sp³-hybridized carbons (Fsp3) is 0.857. The second-order valence-electron chi connectivity index (χ2n) is 3.58. The van der Waals surface area contributed by atoms with Crippen molar-refractivity contribution >= 4 is 16.0 Å². The maximum Gasteiger partial charge on any atom is 0.336 e. The number of carboxylic acid groups (broad SMARTS) is 1. The Morgan fingerprint density at radius 3 is 2.50 bits per heavy atom. The quantitative estimate of drug-likeness (QED) is 0.630. The van der Waals surface area contributed by atoms with Gasteiger partial charge < -0.3 is 10.2 Å². The monoisotopic (exact) mass is 223 g/mol. The van der Waals surface area contributed by atoms with E-state index in [1.54, 1.807) is 0 Å². The van der Waals surface area contributed by atoms with Gasteiger partial charge in [0.2, 0.25) is 10.0 Å². The molecule has 1 aliphatic heterocycles. The number of hydrogen-bond donors (Lipinski definition) is 2. The van der Waals surface area contributed by atoms with Gasteiger partial charge >= 0.3 is 5.97 Å². The van der Waals surface area contributed by atoms with Crippen molar-refractivity contribution in [2.24, 2.45) is 0 Å². The zero-order chi connectivity index (χ0) is 11.0. The Bertz CT molecular complexity index is 334. The molecule has 7 heteroatoms. The molecule has 82 valence electrons. The molecule has 1 rings (SSSR count). The van der Waals surface area contributed by atoms with Crippen LogP contribution in [0.25, 0.3) is 0 Å². The van der Waals surface area contributed by atoms with Crippen LogP contribution in [-0.4, -0.2) is 53.3 Å². The molecule has 1 aliphatic rings. The van der Waals surface area contributed by atoms with E-state index in [0.717, 1.165) is 11.2 Å². The number of β-amino-alcohol motifs (C(OH)–C–C–N with tert-alkyl or cyclic N) is 1. The van der Waals surface area contributed by atoms with Crippen molar-refractivity contribution in [2.45, 2.75) is 18.9 Å². The lowest BCUT2D eigenvalue weighted by Gasteiger charge is -2.23. The molecule has 0 spiro atoms. The number of rotatable bonds is 3. The maximum atomic E-state index is 11.3. The molecule has 1 unspecified atom stereocenters. The van der Waals surface area contributed by atoms with Crippen molar-refractivity contribution in [3.05, 3.63) is 0 Å². The molecule has 14 heavy (non-hydrogen) atoms. The highest BCUT2D eigenvalue weighted by Crippen LogP contribution is 2.17. The molecule has 0 bridgehead atoms. The summed E-state index contributed by atoms with van der Waals surface area (Å²) in [6, 6.07) is 0. The van der Waals surface area contributed by atoms with E-state index in [1.807, 2.05) is 0 Å². The molecular formula is C7H13NO5S. The summed E-state index contributed by atoms with van der Waals surface area (Å²) in [4.78, 5) is 10.5. The van der Waals surface area contributed by atoms with Crippen LogP contribution in [0.4, 0.5) is 0 Å². The first kappa shape index (κ1) is 11.4. The van der Waals surface area contributed by atoms with Crippen LogP contribution in [0.1, 0.15) is 13.3 Å². The summed E-state index contributed by atoms with van der Waals surface area (Å²) in [5, 5.41) is 18.0. The molecule has 0 amide bonds. The second kappa shape index (κ2) is 3.48. The Kier molecular flexibility index (Phi) is 2.84. The van der Waals surface area contributed by atoms with E-state index >= 15 is 0 Å². The van der Waals surface area contributed by atoms with Gasteiger partial charge in [0.15, 0.2) is 5.60 Å². The maximum absolute atomic E-state index is 11.3. The molecule has 6 nitrogen and oxygen atoms in total. The normalized spacial score (nSPS) is 25.9. The molecule has 0 saturated carbocycles. The highest BCUT2D eigenvalue weighted by Gasteiger charge is 2.38. The summed E-state index contributed by atoms with van der Waals surface area (Å²) in [5.41, 5.74) is -2.02. The summed E-state index contributed by atoms with van der Waals surface area (Å²) < 4.78 is 23.6. The number of aliphatic carboxylic acids is 1. The largest absolute Gasteiger partial charge is 0.479 e. The predicted molar refractivity (Wildman–Crippen MR) is 48.2 cm³/mol. The van der Waals surface area contributed by atoms with Crippen LogP contribution in [-0.2, 0) is 14.8 Å². The molecule has 1 heterocycles. The van der Waals surface area contributed by atoms with Gasteiger partial charge in [0.1, 0.15) is 0 Å². The van der Waals surface area contributed by atoms with E-state index in [4.69, 9.17) is 5.11 Å². The summed E-state index contributed by atoms with van der Waals surface area (Å²) in [7, 11) is -3.34. The lowest BCUT2D eigenvalue weighted by molar-refractivity contribution is -0.157. The third kappa shape index (κ3) is 2.23. The SMILES string of the molecule is CC(O)(CN1CCCS1(=O)=O)C(=O)O. The van der Waals surface area contributed by atoms with Gasteiger partial charge in [-0.1, -0.05) is 0 Å². The molecule has 2 N–H and O–H groups in total. The van der Waals surface area contributed by atoms with Gasteiger partial charge in [-0.2, -0.15) is 4.31 Å². The van der Waals surface area contributed by atoms with Crippen molar-refractivity contribution in [3.63, 3.8) is 0 Å². The van der Waals surface area contributed by atoms with Crippen LogP contribution < -0.4 is 0 Å². The zero-order valence-corrected chi connectivity index (χ0v) is 8.62. The molecule has 0 aliphatic carbocycles. The van der Waals surface area contributed by atoms with Crippen molar-refractivity contribution in [1.29, 1.82) is 0 Å². The van der Waals surface area contributed by atoms with Crippen molar-refractivity contribution in [1.82, 2.24) is 4.31 Å². The molecule has 1 atom stereocenters. The Morgan fingerprint density at radius 1 is 1.57 bits per heavy atom. The van der Waals surface area contributed by atoms with Crippen LogP contribution in [0.15, 0.2) is 0 Å². The molecule has 1 saturated heterocycles. The number of carboxylic acids is 1. The molecule has 1 fully saturated rings. The number of hydrogen-bond acceptors (Lipinski definition) is 4. The predicted octanol–water partition coefficient (Wildman–Crippen LogP) is -1.14. The summed E-state index contributed by atoms with van der Waals surface area (Å²) in [6.45, 7) is 0.986. The third-order valence-electron chi connectivity index (χ3n) is 2.15. The Hall–Kier alpha value is -0.660. The minimum atomic E-state index is -3.34. The van der Waals surface area contributed by atoms with Crippen molar-refractivity contribution in [3.8, 4) is 0 Å². The number of carbonyl (C=O) groups is 1. The van der Waals surface area contributed by atoms with Gasteiger partial charge in [-0.3, -0.25) is 0 Å². The molecule has 0 aromatic carbocycles. The Labute approximate surface area is 82.2 Å². The summed E-state index contributed by atoms with van der Waals surface area (Å²) in [6.07, 6.45) is 0.484. The molecule has 0 radical (unpaired) electrons. The van der Waals surface area contributed by atoms with Gasteiger partial charge in [0.25, 0.3) is 0 Å². The highest BCUT2D eigenvalue weighted by atomic mass is 32.2. The minimum Gasteiger partial charge on any atom is -0.479 e. The zero-order valence-electron chi connectivity index (χ0n) is 7.80. The van der Waals surface area contributed by atoms with Gasteiger partial charge in [-0.05, 0) is 13.3 Å². The van der Waals surface area contributed by atoms with Gasteiger partial charge in [0.05, 0.1) is 12.3 Å². The van der Waals surface area contributed by atoms with E-state index < -0.39 is 21.6 Å². The Morgan fingerprint density at radius 2 is 2.14 bits per heavy atom. The van der Waals surface area contributed by atoms with Crippen molar-refractivity contribution in [2.75, 3.05) is 18.8 Å². The topological polar surface area (TPSA) is 94.9 Å². The first-order valence-corrected chi connectivity index (χ1v) is 5.80. The minimum absolute atomic E-state index is 0.0305. The van der Waals surface area contributed by atoms with E-state index in [9.17, 15) is 18.3 Å². The fourth-order valence-electron chi connectivity index (χ4n) is 1.28. The van der Waals surface area contributed by atoms with Crippen LogP contribution >= 0.6 is 0 Å². The van der Waals surface area contributed by atoms with Gasteiger partial charge in [-0.15, -0.1) is 0 Å². The fourth-order valence-corrected chi connectivity index (χ4v) is 2.89. The lowest BCUT2D eigenvalue weighted by Crippen LogP contribution is -2.47. The molecule has 0 aromatic rings. The number of nitrogens with zero attached hydrogens (tertiary/aromatic N) is 1. The summed E-state index contributed by atoms with van der Waals surface area (Å²) in [5.74, 6) is -1.39. The van der Waals surface area contributed by atoms with Crippen LogP contribution in [0.2, 0.25) is 0 Å². The summed E-state index contributed by atoms with van der Waals surface area (Å²) >= 11 is 0. The first-order chi connectivity index (χ1) is 6.26. The highest BCUT2D eigenvalue weighted by molar-refractivity contribution is 7.89. The van der Waals surface area contributed by atoms with E-state index in [-0.39, 0.29) is 18.8 Å². The number of aliphatic hydroxyl groups is 1. The standard InChI is InChI=1S/C7H13NO5S/c1-7(11,6(9)10)5-8-3-2-4-14(8,12)13/h11H,2-5H2,1H3,(H,9,10). The lowest BCUT2D eigenvalue weighted by atomic mass is 10.1. The number of sulfonamides is 1. The average Bonchev–Trinajstić information content (AvgIpc) is 2.30. The van der Waals surface area contributed by atoms with E-state index in [1.165, 1.54) is 0 Å². The smallest absolute Gasteiger partial charge is 0.336 e. The molecule has 0 aromatic heterocycles. The van der Waals surface area contributed by atoms with Crippen LogP contribution in [0.5, 0.6) is 0 Å².